The lowest BCUT2D eigenvalue weighted by Gasteiger charge is -2.36. The third-order valence-electron chi connectivity index (χ3n) is 2.98. The molecule has 82 valence electrons. The van der Waals surface area contributed by atoms with Crippen molar-refractivity contribution in [3.63, 3.8) is 0 Å². The van der Waals surface area contributed by atoms with Crippen LogP contribution in [0.25, 0.3) is 0 Å². The highest BCUT2D eigenvalue weighted by atomic mass is 16.3. The number of hydrogen-bond acceptors (Lipinski definition) is 3. The number of primary amides is 1. The van der Waals surface area contributed by atoms with Gasteiger partial charge in [-0.3, -0.25) is 4.79 Å². The average molecular weight is 200 g/mol. The topological polar surface area (TPSA) is 75.4 Å². The van der Waals surface area contributed by atoms with Crippen LogP contribution < -0.4 is 11.1 Å². The molecule has 1 saturated carbocycles. The van der Waals surface area contributed by atoms with E-state index in [9.17, 15) is 9.90 Å². The van der Waals surface area contributed by atoms with Crippen molar-refractivity contribution in [1.82, 2.24) is 5.32 Å². The summed E-state index contributed by atoms with van der Waals surface area (Å²) in [6.07, 6.45) is 5.92. The summed E-state index contributed by atoms with van der Waals surface area (Å²) < 4.78 is 0. The first-order valence-corrected chi connectivity index (χ1v) is 5.33. The van der Waals surface area contributed by atoms with Crippen LogP contribution in [0.3, 0.4) is 0 Å². The Morgan fingerprint density at radius 1 is 1.36 bits per heavy atom. The van der Waals surface area contributed by atoms with Crippen molar-refractivity contribution in [3.05, 3.63) is 0 Å². The lowest BCUT2D eigenvalue weighted by atomic mass is 9.82. The van der Waals surface area contributed by atoms with Gasteiger partial charge in [0, 0.05) is 18.5 Å². The Labute approximate surface area is 84.9 Å². The largest absolute Gasteiger partial charge is 0.394 e. The molecule has 4 N–H and O–H groups in total. The zero-order valence-corrected chi connectivity index (χ0v) is 8.59. The van der Waals surface area contributed by atoms with E-state index >= 15 is 0 Å². The number of carbonyl (C=O) groups excluding carboxylic acids is 1. The summed E-state index contributed by atoms with van der Waals surface area (Å²) in [6, 6.07) is 0. The molecule has 14 heavy (non-hydrogen) atoms. The Hall–Kier alpha value is -0.610. The maximum absolute atomic E-state index is 10.6. The van der Waals surface area contributed by atoms with Crippen molar-refractivity contribution in [1.29, 1.82) is 0 Å². The van der Waals surface area contributed by atoms with Crippen LogP contribution in [0.1, 0.15) is 38.5 Å². The first-order chi connectivity index (χ1) is 6.68. The Bertz CT molecular complexity index is 189. The Kier molecular flexibility index (Phi) is 4.35. The first-order valence-electron chi connectivity index (χ1n) is 5.33. The number of aliphatic hydroxyl groups is 1. The lowest BCUT2D eigenvalue weighted by Crippen LogP contribution is -2.50. The fourth-order valence-corrected chi connectivity index (χ4v) is 2.07. The van der Waals surface area contributed by atoms with Gasteiger partial charge in [0.05, 0.1) is 6.61 Å². The summed E-state index contributed by atoms with van der Waals surface area (Å²) in [5.41, 5.74) is 4.91. The molecule has 0 saturated heterocycles. The molecule has 1 rings (SSSR count). The Balaban J connectivity index is 2.32. The van der Waals surface area contributed by atoms with Gasteiger partial charge in [-0.2, -0.15) is 0 Å². The van der Waals surface area contributed by atoms with Gasteiger partial charge < -0.3 is 16.2 Å². The second-order valence-electron chi connectivity index (χ2n) is 4.14. The van der Waals surface area contributed by atoms with E-state index in [0.29, 0.717) is 13.0 Å². The summed E-state index contributed by atoms with van der Waals surface area (Å²) in [5.74, 6) is -0.290. The molecule has 1 fully saturated rings. The van der Waals surface area contributed by atoms with Crippen molar-refractivity contribution in [2.75, 3.05) is 13.2 Å². The fraction of sp³-hybridized carbons (Fsp3) is 0.900. The zero-order chi connectivity index (χ0) is 10.4. The number of carbonyl (C=O) groups is 1. The first kappa shape index (κ1) is 11.5. The van der Waals surface area contributed by atoms with Crippen LogP contribution >= 0.6 is 0 Å². The minimum absolute atomic E-state index is 0.145. The van der Waals surface area contributed by atoms with Gasteiger partial charge >= 0.3 is 0 Å². The molecule has 0 aromatic rings. The molecule has 0 aliphatic heterocycles. The Morgan fingerprint density at radius 2 is 2.00 bits per heavy atom. The van der Waals surface area contributed by atoms with E-state index in [1.807, 2.05) is 0 Å². The van der Waals surface area contributed by atoms with Crippen molar-refractivity contribution >= 4 is 5.91 Å². The summed E-state index contributed by atoms with van der Waals surface area (Å²) in [4.78, 5) is 10.6. The lowest BCUT2D eigenvalue weighted by molar-refractivity contribution is -0.118. The molecule has 0 atom stereocenters. The van der Waals surface area contributed by atoms with E-state index in [1.54, 1.807) is 0 Å². The van der Waals surface area contributed by atoms with Gasteiger partial charge in [0.1, 0.15) is 0 Å². The normalized spacial score (nSPS) is 20.6. The molecule has 0 aromatic heterocycles. The van der Waals surface area contributed by atoms with E-state index < -0.39 is 0 Å². The van der Waals surface area contributed by atoms with E-state index in [4.69, 9.17) is 5.73 Å². The molecule has 0 heterocycles. The van der Waals surface area contributed by atoms with E-state index in [1.165, 1.54) is 6.42 Å². The number of rotatable bonds is 5. The molecule has 0 aromatic carbocycles. The van der Waals surface area contributed by atoms with Crippen LogP contribution in [-0.2, 0) is 4.79 Å². The Morgan fingerprint density at radius 3 is 2.50 bits per heavy atom. The van der Waals surface area contributed by atoms with Crippen molar-refractivity contribution in [2.45, 2.75) is 44.1 Å². The van der Waals surface area contributed by atoms with Crippen LogP contribution in [-0.4, -0.2) is 29.7 Å². The molecule has 0 bridgehead atoms. The van der Waals surface area contributed by atoms with E-state index in [2.05, 4.69) is 5.32 Å². The minimum Gasteiger partial charge on any atom is -0.394 e. The SMILES string of the molecule is NC(=O)CCNC1(CO)CCCCC1. The maximum atomic E-state index is 10.6. The molecule has 1 aliphatic rings. The molecule has 4 heteroatoms. The smallest absolute Gasteiger partial charge is 0.218 e. The van der Waals surface area contributed by atoms with Crippen LogP contribution in [0.15, 0.2) is 0 Å². The molecule has 1 aliphatic carbocycles. The zero-order valence-electron chi connectivity index (χ0n) is 8.59. The summed E-state index contributed by atoms with van der Waals surface area (Å²) in [7, 11) is 0. The summed E-state index contributed by atoms with van der Waals surface area (Å²) in [6.45, 7) is 0.738. The van der Waals surface area contributed by atoms with Crippen LogP contribution in [0.4, 0.5) is 0 Å². The van der Waals surface area contributed by atoms with Crippen molar-refractivity contribution in [3.8, 4) is 0 Å². The predicted octanol–water partition coefficient (Wildman–Crippen LogP) is 0.147. The molecule has 0 radical (unpaired) electrons. The van der Waals surface area contributed by atoms with Gasteiger partial charge in [-0.05, 0) is 12.8 Å². The van der Waals surface area contributed by atoms with Crippen LogP contribution in [0.2, 0.25) is 0 Å². The van der Waals surface area contributed by atoms with Gasteiger partial charge in [0.25, 0.3) is 0 Å². The highest BCUT2D eigenvalue weighted by molar-refractivity contribution is 5.73. The highest BCUT2D eigenvalue weighted by Gasteiger charge is 2.30. The number of nitrogens with two attached hydrogens (primary N) is 1. The summed E-state index contributed by atoms with van der Waals surface area (Å²) in [5, 5.41) is 12.6. The molecular weight excluding hydrogens is 180 g/mol. The fourth-order valence-electron chi connectivity index (χ4n) is 2.07. The van der Waals surface area contributed by atoms with Gasteiger partial charge in [0.15, 0.2) is 0 Å². The monoisotopic (exact) mass is 200 g/mol. The second-order valence-corrected chi connectivity index (χ2v) is 4.14. The molecular formula is C10H20N2O2. The van der Waals surface area contributed by atoms with Crippen molar-refractivity contribution < 1.29 is 9.90 Å². The predicted molar refractivity (Wildman–Crippen MR) is 54.7 cm³/mol. The number of nitrogens with one attached hydrogen (secondary N) is 1. The third-order valence-corrected chi connectivity index (χ3v) is 2.98. The van der Waals surface area contributed by atoms with Crippen LogP contribution in [0.5, 0.6) is 0 Å². The second kappa shape index (κ2) is 5.32. The number of aliphatic hydroxyl groups excluding tert-OH is 1. The quantitative estimate of drug-likeness (QED) is 0.591. The highest BCUT2D eigenvalue weighted by Crippen LogP contribution is 2.27. The molecule has 1 amide bonds. The minimum atomic E-state index is -0.290. The van der Waals surface area contributed by atoms with Crippen LogP contribution in [0, 0.1) is 0 Å². The van der Waals surface area contributed by atoms with E-state index in [0.717, 1.165) is 25.7 Å². The van der Waals surface area contributed by atoms with Gasteiger partial charge in [0.2, 0.25) is 5.91 Å². The number of amides is 1. The summed E-state index contributed by atoms with van der Waals surface area (Å²) >= 11 is 0. The van der Waals surface area contributed by atoms with Crippen molar-refractivity contribution in [2.24, 2.45) is 5.73 Å². The van der Waals surface area contributed by atoms with E-state index in [-0.39, 0.29) is 18.1 Å². The maximum Gasteiger partial charge on any atom is 0.218 e. The van der Waals surface area contributed by atoms with Gasteiger partial charge in [-0.1, -0.05) is 19.3 Å². The van der Waals surface area contributed by atoms with Gasteiger partial charge in [-0.25, -0.2) is 0 Å². The van der Waals surface area contributed by atoms with Gasteiger partial charge in [-0.15, -0.1) is 0 Å². The third kappa shape index (κ3) is 3.27. The molecule has 0 unspecified atom stereocenters. The average Bonchev–Trinajstić information content (AvgIpc) is 2.19. The molecule has 0 spiro atoms. The standard InChI is InChI=1S/C10H20N2O2/c11-9(14)4-7-12-10(8-13)5-2-1-3-6-10/h12-13H,1-8H2,(H2,11,14). The molecule has 4 nitrogen and oxygen atoms in total. The number of hydrogen-bond donors (Lipinski definition) is 3.